The quantitative estimate of drug-likeness (QED) is 0.211. The minimum atomic E-state index is -1.02. The van der Waals surface area contributed by atoms with Gasteiger partial charge < -0.3 is 5.11 Å². The summed E-state index contributed by atoms with van der Waals surface area (Å²) < 4.78 is 0. The number of rotatable bonds is 10. The summed E-state index contributed by atoms with van der Waals surface area (Å²) in [6, 6.07) is 0. The van der Waals surface area contributed by atoms with E-state index in [-0.39, 0.29) is 41.3 Å². The van der Waals surface area contributed by atoms with Crippen molar-refractivity contribution in [3.05, 3.63) is 37.0 Å². The lowest BCUT2D eigenvalue weighted by atomic mass is 9.56. The fourth-order valence-corrected chi connectivity index (χ4v) is 6.70. The van der Waals surface area contributed by atoms with Gasteiger partial charge in [-0.05, 0) is 49.9 Å². The van der Waals surface area contributed by atoms with E-state index >= 15 is 0 Å². The first-order valence-corrected chi connectivity index (χ1v) is 12.8. The highest BCUT2D eigenvalue weighted by Crippen LogP contribution is 2.50. The van der Waals surface area contributed by atoms with Crippen molar-refractivity contribution in [3.63, 3.8) is 0 Å². The minimum Gasteiger partial charge on any atom is -0.481 e. The van der Waals surface area contributed by atoms with E-state index in [1.807, 2.05) is 32.1 Å². The van der Waals surface area contributed by atoms with E-state index in [2.05, 4.69) is 24.9 Å². The van der Waals surface area contributed by atoms with Gasteiger partial charge in [0.1, 0.15) is 11.7 Å². The highest BCUT2D eigenvalue weighted by molar-refractivity contribution is 6.16. The van der Waals surface area contributed by atoms with Crippen LogP contribution >= 0.6 is 0 Å². The number of carboxylic acids is 1. The van der Waals surface area contributed by atoms with E-state index in [1.165, 1.54) is 0 Å². The maximum absolute atomic E-state index is 14.2. The Morgan fingerprint density at radius 3 is 2.56 bits per heavy atom. The number of aliphatic carboxylic acids is 1. The van der Waals surface area contributed by atoms with Crippen LogP contribution in [0.2, 0.25) is 0 Å². The number of allylic oxidation sites excluding steroid dienone is 5. The third kappa shape index (κ3) is 5.11. The molecule has 6 nitrogen and oxygen atoms in total. The lowest BCUT2D eigenvalue weighted by molar-refractivity contribution is -0.146. The second kappa shape index (κ2) is 11.3. The number of carboxylic acid groups (broad SMARTS) is 1. The van der Waals surface area contributed by atoms with Gasteiger partial charge in [0.25, 0.3) is 0 Å². The van der Waals surface area contributed by atoms with Crippen molar-refractivity contribution in [2.75, 3.05) is 0 Å². The summed E-state index contributed by atoms with van der Waals surface area (Å²) >= 11 is 0. The van der Waals surface area contributed by atoms with Crippen molar-refractivity contribution in [1.29, 1.82) is 0 Å². The zero-order valence-electron chi connectivity index (χ0n) is 20.6. The van der Waals surface area contributed by atoms with Gasteiger partial charge in [0.15, 0.2) is 0 Å². The fourth-order valence-electron chi connectivity index (χ4n) is 6.70. The van der Waals surface area contributed by atoms with Crippen LogP contribution in [0, 0.1) is 53.3 Å². The molecule has 0 bridgehead atoms. The molecule has 9 atom stereocenters. The first-order valence-electron chi connectivity index (χ1n) is 12.8. The maximum atomic E-state index is 14.2. The molecular weight excluding hydrogens is 430 g/mol. The summed E-state index contributed by atoms with van der Waals surface area (Å²) in [6.07, 6.45) is 14.4. The number of ketones is 1. The molecule has 0 aromatic carbocycles. The number of carbonyl (C=O) groups excluding carboxylic acids is 3. The monoisotopic (exact) mass is 469 g/mol. The van der Waals surface area contributed by atoms with Gasteiger partial charge in [0.05, 0.1) is 11.8 Å². The van der Waals surface area contributed by atoms with Gasteiger partial charge in [-0.25, -0.2) is 0 Å². The van der Waals surface area contributed by atoms with E-state index in [0.29, 0.717) is 12.8 Å². The molecule has 1 heterocycles. The second-order valence-electron chi connectivity index (χ2n) is 10.4. The predicted octanol–water partition coefficient (Wildman–Crippen LogP) is 4.57. The molecule has 6 heteroatoms. The molecule has 1 saturated carbocycles. The summed E-state index contributed by atoms with van der Waals surface area (Å²) in [5, 5.41) is 12.0. The van der Waals surface area contributed by atoms with Crippen molar-refractivity contribution < 1.29 is 24.3 Å². The van der Waals surface area contributed by atoms with Crippen LogP contribution in [-0.4, -0.2) is 28.7 Å². The van der Waals surface area contributed by atoms with Crippen LogP contribution in [0.1, 0.15) is 59.3 Å². The second-order valence-corrected chi connectivity index (χ2v) is 10.4. The summed E-state index contributed by atoms with van der Waals surface area (Å²) in [7, 11) is 0. The smallest absolute Gasteiger partial charge is 0.306 e. The molecule has 2 fully saturated rings. The lowest BCUT2D eigenvalue weighted by Crippen LogP contribution is -2.48. The van der Waals surface area contributed by atoms with E-state index < -0.39 is 35.5 Å². The van der Waals surface area contributed by atoms with E-state index in [4.69, 9.17) is 0 Å². The van der Waals surface area contributed by atoms with Crippen LogP contribution < -0.4 is 5.32 Å². The van der Waals surface area contributed by atoms with Crippen LogP contribution in [0.25, 0.3) is 0 Å². The first-order chi connectivity index (χ1) is 16.2. The van der Waals surface area contributed by atoms with Crippen molar-refractivity contribution in [2.24, 2.45) is 53.3 Å². The topological polar surface area (TPSA) is 101 Å². The lowest BCUT2D eigenvalue weighted by Gasteiger charge is -2.46. The molecule has 0 radical (unpaired) electrons. The maximum Gasteiger partial charge on any atom is 0.306 e. The SMILES string of the molecule is C=C[C@H](CCCCC)[C@@H]1C(=O)NC(=O)[C@H]1C(=O)[C@H]1[C@H]2[C@H](C=C[C@H]1/C=C/C)C[C@H](C(=O)O)C[C@@H]2C. The van der Waals surface area contributed by atoms with Gasteiger partial charge in [-0.15, -0.1) is 6.58 Å². The number of Topliss-reactive ketones (excluding diaryl/α,β-unsaturated/α-hetero) is 1. The molecule has 2 amide bonds. The molecule has 2 N–H and O–H groups in total. The van der Waals surface area contributed by atoms with Crippen molar-refractivity contribution in [1.82, 2.24) is 5.32 Å². The predicted molar refractivity (Wildman–Crippen MR) is 130 cm³/mol. The zero-order chi connectivity index (χ0) is 25.0. The molecule has 186 valence electrons. The van der Waals surface area contributed by atoms with Crippen LogP contribution in [0.15, 0.2) is 37.0 Å². The Morgan fingerprint density at radius 1 is 1.21 bits per heavy atom. The zero-order valence-corrected chi connectivity index (χ0v) is 20.6. The highest BCUT2D eigenvalue weighted by atomic mass is 16.4. The van der Waals surface area contributed by atoms with Crippen LogP contribution in [-0.2, 0) is 19.2 Å². The van der Waals surface area contributed by atoms with Gasteiger partial charge in [0.2, 0.25) is 11.8 Å². The average molecular weight is 470 g/mol. The number of carbonyl (C=O) groups is 4. The molecule has 0 aromatic rings. The summed E-state index contributed by atoms with van der Waals surface area (Å²) in [4.78, 5) is 51.7. The number of hydrogen-bond acceptors (Lipinski definition) is 4. The average Bonchev–Trinajstić information content (AvgIpc) is 3.09. The molecular formula is C28H39NO5. The van der Waals surface area contributed by atoms with Crippen molar-refractivity contribution >= 4 is 23.6 Å². The van der Waals surface area contributed by atoms with Crippen molar-refractivity contribution in [2.45, 2.75) is 59.3 Å². The Labute approximate surface area is 202 Å². The van der Waals surface area contributed by atoms with Crippen LogP contribution in [0.5, 0.6) is 0 Å². The molecule has 3 rings (SSSR count). The van der Waals surface area contributed by atoms with E-state index in [0.717, 1.165) is 25.7 Å². The largest absolute Gasteiger partial charge is 0.481 e. The van der Waals surface area contributed by atoms with Gasteiger partial charge in [-0.1, -0.05) is 63.5 Å². The van der Waals surface area contributed by atoms with Gasteiger partial charge in [-0.3, -0.25) is 24.5 Å². The first kappa shape index (κ1) is 26.1. The molecule has 2 aliphatic carbocycles. The molecule has 0 aromatic heterocycles. The number of nitrogens with one attached hydrogen (secondary N) is 1. The minimum absolute atomic E-state index is 0.0184. The van der Waals surface area contributed by atoms with Gasteiger partial charge in [0, 0.05) is 11.8 Å². The number of fused-ring (bicyclic) bond motifs is 1. The van der Waals surface area contributed by atoms with Crippen molar-refractivity contribution in [3.8, 4) is 0 Å². The van der Waals surface area contributed by atoms with Crippen LogP contribution in [0.3, 0.4) is 0 Å². The summed E-state index contributed by atoms with van der Waals surface area (Å²) in [5.41, 5.74) is 0. The summed E-state index contributed by atoms with van der Waals surface area (Å²) in [6.45, 7) is 9.95. The number of imide groups is 1. The molecule has 1 saturated heterocycles. The number of hydrogen-bond donors (Lipinski definition) is 2. The van der Waals surface area contributed by atoms with Crippen LogP contribution in [0.4, 0.5) is 0 Å². The molecule has 0 spiro atoms. The third-order valence-corrected chi connectivity index (χ3v) is 8.27. The van der Waals surface area contributed by atoms with Gasteiger partial charge in [-0.2, -0.15) is 0 Å². The van der Waals surface area contributed by atoms with Gasteiger partial charge >= 0.3 is 5.97 Å². The Balaban J connectivity index is 1.95. The van der Waals surface area contributed by atoms with E-state index in [1.54, 1.807) is 6.08 Å². The standard InChI is InChI=1S/C28H39NO5/c1-5-8-9-11-17(7-3)23-24(27(32)29-26(23)31)25(30)22-18(10-6-2)12-13-19-15-20(28(33)34)14-16(4)21(19)22/h6-7,10,12-13,16-24H,3,5,8-9,11,14-15H2,1-2,4H3,(H,33,34)(H,29,31,32)/b10-6+/t16-,17+,18+,19+,20+,21+,22+,23-,24+/m0/s1. The molecule has 34 heavy (non-hydrogen) atoms. The molecule has 3 aliphatic rings. The summed E-state index contributed by atoms with van der Waals surface area (Å²) in [5.74, 6) is -4.96. The normalized spacial score (nSPS) is 36.2. The Morgan fingerprint density at radius 2 is 1.94 bits per heavy atom. The Kier molecular flexibility index (Phi) is 8.67. The number of amides is 2. The Bertz CT molecular complexity index is 874. The van der Waals surface area contributed by atoms with E-state index in [9.17, 15) is 24.3 Å². The third-order valence-electron chi connectivity index (χ3n) is 8.27. The Hall–Kier alpha value is -2.50. The highest BCUT2D eigenvalue weighted by Gasteiger charge is 2.55. The molecule has 0 unspecified atom stereocenters. The number of unbranched alkanes of at least 4 members (excludes halogenated alkanes) is 2. The molecule has 1 aliphatic heterocycles. The fraction of sp³-hybridized carbons (Fsp3) is 0.643.